The zero-order valence-corrected chi connectivity index (χ0v) is 14.5. The molecule has 0 radical (unpaired) electrons. The molecule has 1 aliphatic carbocycles. The molecular weight excluding hydrogens is 296 g/mol. The second kappa shape index (κ2) is 7.18. The predicted octanol–water partition coefficient (Wildman–Crippen LogP) is 2.44. The van der Waals surface area contributed by atoms with E-state index < -0.39 is 0 Å². The molecule has 1 saturated carbocycles. The van der Waals surface area contributed by atoms with Crippen LogP contribution in [0.3, 0.4) is 0 Å². The molecule has 4 nitrogen and oxygen atoms in total. The summed E-state index contributed by atoms with van der Waals surface area (Å²) in [7, 11) is 1.68. The SMILES string of the molecule is Cc1cc(C)c(SCC(=O)N(C)CC(=O)NC2CC2)c(C)c1. The quantitative estimate of drug-likeness (QED) is 0.819. The number of amides is 2. The minimum absolute atomic E-state index is 0.0182. The summed E-state index contributed by atoms with van der Waals surface area (Å²) in [5, 5.41) is 2.90. The highest BCUT2D eigenvalue weighted by Crippen LogP contribution is 2.27. The van der Waals surface area contributed by atoms with Crippen molar-refractivity contribution in [2.24, 2.45) is 0 Å². The molecule has 0 unspecified atom stereocenters. The third-order valence-electron chi connectivity index (χ3n) is 3.69. The topological polar surface area (TPSA) is 49.4 Å². The number of thioether (sulfide) groups is 1. The number of hydrogen-bond acceptors (Lipinski definition) is 3. The Morgan fingerprint density at radius 1 is 1.23 bits per heavy atom. The molecule has 5 heteroatoms. The van der Waals surface area contributed by atoms with E-state index in [1.54, 1.807) is 18.8 Å². The minimum Gasteiger partial charge on any atom is -0.352 e. The average Bonchev–Trinajstić information content (AvgIpc) is 3.20. The van der Waals surface area contributed by atoms with Crippen molar-refractivity contribution in [2.45, 2.75) is 44.6 Å². The largest absolute Gasteiger partial charge is 0.352 e. The molecular formula is C17H24N2O2S. The van der Waals surface area contributed by atoms with Crippen molar-refractivity contribution < 1.29 is 9.59 Å². The summed E-state index contributed by atoms with van der Waals surface area (Å²) in [4.78, 5) is 26.5. The van der Waals surface area contributed by atoms with Gasteiger partial charge in [0.2, 0.25) is 11.8 Å². The molecule has 2 amide bonds. The Morgan fingerprint density at radius 2 is 1.82 bits per heavy atom. The van der Waals surface area contributed by atoms with E-state index >= 15 is 0 Å². The first-order valence-electron chi connectivity index (χ1n) is 7.61. The molecule has 0 heterocycles. The normalized spacial score (nSPS) is 13.8. The highest BCUT2D eigenvalue weighted by molar-refractivity contribution is 8.00. The van der Waals surface area contributed by atoms with Crippen LogP contribution < -0.4 is 5.32 Å². The van der Waals surface area contributed by atoms with E-state index in [2.05, 4.69) is 38.2 Å². The summed E-state index contributed by atoms with van der Waals surface area (Å²) in [6, 6.07) is 4.60. The van der Waals surface area contributed by atoms with Gasteiger partial charge in [0.15, 0.2) is 0 Å². The standard InChI is InChI=1S/C17H24N2O2S/c1-11-7-12(2)17(13(3)8-11)22-10-16(21)19(4)9-15(20)18-14-5-6-14/h7-8,14H,5-6,9-10H2,1-4H3,(H,18,20). The van der Waals surface area contributed by atoms with Crippen LogP contribution in [0, 0.1) is 20.8 Å². The van der Waals surface area contributed by atoms with Crippen molar-refractivity contribution in [2.75, 3.05) is 19.3 Å². The number of carbonyl (C=O) groups excluding carboxylic acids is 2. The van der Waals surface area contributed by atoms with Gasteiger partial charge in [0, 0.05) is 18.0 Å². The van der Waals surface area contributed by atoms with E-state index in [9.17, 15) is 9.59 Å². The number of benzene rings is 1. The number of nitrogens with one attached hydrogen (secondary N) is 1. The van der Waals surface area contributed by atoms with Crippen LogP contribution in [-0.2, 0) is 9.59 Å². The van der Waals surface area contributed by atoms with Crippen LogP contribution in [0.5, 0.6) is 0 Å². The Bertz CT molecular complexity index is 559. The molecule has 0 atom stereocenters. The van der Waals surface area contributed by atoms with Crippen molar-refractivity contribution in [3.05, 3.63) is 28.8 Å². The van der Waals surface area contributed by atoms with Crippen molar-refractivity contribution in [1.29, 1.82) is 0 Å². The summed E-state index contributed by atoms with van der Waals surface area (Å²) >= 11 is 1.55. The summed E-state index contributed by atoms with van der Waals surface area (Å²) < 4.78 is 0. The molecule has 0 spiro atoms. The van der Waals surface area contributed by atoms with Gasteiger partial charge in [-0.2, -0.15) is 0 Å². The zero-order valence-electron chi connectivity index (χ0n) is 13.7. The van der Waals surface area contributed by atoms with Crippen LogP contribution in [0.25, 0.3) is 0 Å². The zero-order chi connectivity index (χ0) is 16.3. The van der Waals surface area contributed by atoms with Gasteiger partial charge < -0.3 is 10.2 Å². The summed E-state index contributed by atoms with van der Waals surface area (Å²) in [6.07, 6.45) is 2.12. The number of hydrogen-bond donors (Lipinski definition) is 1. The second-order valence-electron chi connectivity index (χ2n) is 6.11. The van der Waals surface area contributed by atoms with Gasteiger partial charge in [-0.05, 0) is 44.7 Å². The average molecular weight is 320 g/mol. The number of rotatable bonds is 6. The van der Waals surface area contributed by atoms with Crippen LogP contribution in [0.2, 0.25) is 0 Å². The smallest absolute Gasteiger partial charge is 0.239 e. The molecule has 2 rings (SSSR count). The third-order valence-corrected chi connectivity index (χ3v) is 5.02. The van der Waals surface area contributed by atoms with Gasteiger partial charge in [0.05, 0.1) is 12.3 Å². The summed E-state index contributed by atoms with van der Waals surface area (Å²) in [6.45, 7) is 6.35. The fourth-order valence-corrected chi connectivity index (χ4v) is 3.50. The molecule has 1 fully saturated rings. The van der Waals surface area contributed by atoms with Crippen molar-refractivity contribution >= 4 is 23.6 Å². The van der Waals surface area contributed by atoms with E-state index in [4.69, 9.17) is 0 Å². The van der Waals surface area contributed by atoms with Crippen molar-refractivity contribution in [1.82, 2.24) is 10.2 Å². The molecule has 0 aromatic heterocycles. The Labute approximate surface area is 136 Å². The Hall–Kier alpha value is -1.49. The minimum atomic E-state index is -0.0638. The Kier molecular flexibility index (Phi) is 5.51. The lowest BCUT2D eigenvalue weighted by Crippen LogP contribution is -2.39. The van der Waals surface area contributed by atoms with E-state index in [1.165, 1.54) is 21.6 Å². The van der Waals surface area contributed by atoms with Crippen LogP contribution in [0.1, 0.15) is 29.5 Å². The number of aryl methyl sites for hydroxylation is 3. The summed E-state index contributed by atoms with van der Waals surface area (Å²) in [5.74, 6) is 0.277. The maximum Gasteiger partial charge on any atom is 0.239 e. The first-order valence-corrected chi connectivity index (χ1v) is 8.59. The fourth-order valence-electron chi connectivity index (χ4n) is 2.44. The number of carbonyl (C=O) groups is 2. The maximum absolute atomic E-state index is 12.2. The van der Waals surface area contributed by atoms with Gasteiger partial charge in [0.1, 0.15) is 0 Å². The molecule has 0 aliphatic heterocycles. The Balaban J connectivity index is 1.85. The van der Waals surface area contributed by atoms with E-state index in [0.29, 0.717) is 11.8 Å². The van der Waals surface area contributed by atoms with E-state index in [1.807, 2.05) is 0 Å². The lowest BCUT2D eigenvalue weighted by molar-refractivity contribution is -0.132. The number of likely N-dealkylation sites (N-methyl/N-ethyl adjacent to an activating group) is 1. The monoisotopic (exact) mass is 320 g/mol. The van der Waals surface area contributed by atoms with E-state index in [-0.39, 0.29) is 18.4 Å². The maximum atomic E-state index is 12.2. The molecule has 1 N–H and O–H groups in total. The Morgan fingerprint density at radius 3 is 2.36 bits per heavy atom. The molecule has 1 aliphatic rings. The lowest BCUT2D eigenvalue weighted by atomic mass is 10.1. The van der Waals surface area contributed by atoms with Gasteiger partial charge in [-0.15, -0.1) is 11.8 Å². The van der Waals surface area contributed by atoms with Gasteiger partial charge in [-0.3, -0.25) is 9.59 Å². The first kappa shape index (κ1) is 16.9. The van der Waals surface area contributed by atoms with Crippen molar-refractivity contribution in [3.63, 3.8) is 0 Å². The highest BCUT2D eigenvalue weighted by Gasteiger charge is 2.24. The molecule has 0 bridgehead atoms. The molecule has 1 aromatic carbocycles. The van der Waals surface area contributed by atoms with E-state index in [0.717, 1.165) is 17.7 Å². The van der Waals surface area contributed by atoms with Gasteiger partial charge in [0.25, 0.3) is 0 Å². The third kappa shape index (κ3) is 4.77. The van der Waals surface area contributed by atoms with Gasteiger partial charge >= 0.3 is 0 Å². The molecule has 22 heavy (non-hydrogen) atoms. The lowest BCUT2D eigenvalue weighted by Gasteiger charge is -2.17. The molecule has 0 saturated heterocycles. The van der Waals surface area contributed by atoms with Crippen LogP contribution in [-0.4, -0.2) is 42.1 Å². The summed E-state index contributed by atoms with van der Waals surface area (Å²) in [5.41, 5.74) is 3.63. The van der Waals surface area contributed by atoms with Crippen LogP contribution in [0.15, 0.2) is 17.0 Å². The predicted molar refractivity (Wildman–Crippen MR) is 90.2 cm³/mol. The van der Waals surface area contributed by atoms with Gasteiger partial charge in [-0.1, -0.05) is 17.7 Å². The van der Waals surface area contributed by atoms with Crippen LogP contribution in [0.4, 0.5) is 0 Å². The van der Waals surface area contributed by atoms with Crippen molar-refractivity contribution in [3.8, 4) is 0 Å². The second-order valence-corrected chi connectivity index (χ2v) is 7.09. The number of nitrogens with zero attached hydrogens (tertiary/aromatic N) is 1. The fraction of sp³-hybridized carbons (Fsp3) is 0.529. The molecule has 1 aromatic rings. The van der Waals surface area contributed by atoms with Crippen LogP contribution >= 0.6 is 11.8 Å². The highest BCUT2D eigenvalue weighted by atomic mass is 32.2. The first-order chi connectivity index (χ1) is 10.4. The van der Waals surface area contributed by atoms with Gasteiger partial charge in [-0.25, -0.2) is 0 Å². The molecule has 120 valence electrons.